The Bertz CT molecular complexity index is 305. The van der Waals surface area contributed by atoms with Gasteiger partial charge in [-0.1, -0.05) is 0 Å². The van der Waals surface area contributed by atoms with Gasteiger partial charge in [-0.05, 0) is 6.92 Å². The van der Waals surface area contributed by atoms with Crippen LogP contribution in [0.2, 0.25) is 0 Å². The van der Waals surface area contributed by atoms with E-state index in [4.69, 9.17) is 5.26 Å². The molecule has 1 aromatic rings. The lowest BCUT2D eigenvalue weighted by Gasteiger charge is -2.06. The zero-order valence-electron chi connectivity index (χ0n) is 6.73. The molecule has 0 spiro atoms. The van der Waals surface area contributed by atoms with Gasteiger partial charge >= 0.3 is 0 Å². The second kappa shape index (κ2) is 3.79. The summed E-state index contributed by atoms with van der Waals surface area (Å²) in [6, 6.07) is 1.88. The van der Waals surface area contributed by atoms with E-state index in [1.807, 2.05) is 6.07 Å². The Morgan fingerprint density at radius 1 is 1.58 bits per heavy atom. The number of hydrogen-bond donors (Lipinski definition) is 1. The number of aromatic nitrogens is 2. The fraction of sp³-hybridized carbons (Fsp3) is 0.375. The van der Waals surface area contributed by atoms with Crippen LogP contribution in [0.1, 0.15) is 23.9 Å². The summed E-state index contributed by atoms with van der Waals surface area (Å²) < 4.78 is 0. The number of aliphatic hydroxyl groups is 1. The first-order valence-corrected chi connectivity index (χ1v) is 3.58. The maximum absolute atomic E-state index is 9.38. The molecule has 1 heterocycles. The lowest BCUT2D eigenvalue weighted by Crippen LogP contribution is -2.03. The lowest BCUT2D eigenvalue weighted by molar-refractivity contribution is 0.177. The second-order valence-corrected chi connectivity index (χ2v) is 2.41. The number of rotatable bonds is 2. The monoisotopic (exact) mass is 163 g/mol. The first-order chi connectivity index (χ1) is 5.75. The zero-order chi connectivity index (χ0) is 8.97. The molecule has 0 aromatic carbocycles. The van der Waals surface area contributed by atoms with Crippen LogP contribution in [0.25, 0.3) is 0 Å². The number of hydrogen-bond acceptors (Lipinski definition) is 4. The molecule has 62 valence electrons. The largest absolute Gasteiger partial charge is 0.386 e. The molecule has 4 heteroatoms. The van der Waals surface area contributed by atoms with Gasteiger partial charge < -0.3 is 5.11 Å². The molecule has 4 nitrogen and oxygen atoms in total. The number of nitriles is 1. The summed E-state index contributed by atoms with van der Waals surface area (Å²) in [4.78, 5) is 7.88. The van der Waals surface area contributed by atoms with Crippen LogP contribution in [0.15, 0.2) is 12.4 Å². The minimum absolute atomic E-state index is 0.0551. The molecular formula is C8H9N3O. The van der Waals surface area contributed by atoms with E-state index in [1.165, 1.54) is 6.20 Å². The van der Waals surface area contributed by atoms with Crippen molar-refractivity contribution in [1.29, 1.82) is 5.26 Å². The molecule has 0 radical (unpaired) electrons. The SMILES string of the molecule is Cc1nccnc1C(O)CC#N. The van der Waals surface area contributed by atoms with Crippen molar-refractivity contribution in [2.75, 3.05) is 0 Å². The van der Waals surface area contributed by atoms with Gasteiger partial charge in [-0.25, -0.2) is 0 Å². The number of aryl methyl sites for hydroxylation is 1. The van der Waals surface area contributed by atoms with Crippen molar-refractivity contribution in [3.63, 3.8) is 0 Å². The van der Waals surface area contributed by atoms with Gasteiger partial charge in [-0.15, -0.1) is 0 Å². The summed E-state index contributed by atoms with van der Waals surface area (Å²) in [7, 11) is 0. The Morgan fingerprint density at radius 2 is 2.25 bits per heavy atom. The average Bonchev–Trinajstić information content (AvgIpc) is 2.05. The summed E-state index contributed by atoms with van der Waals surface area (Å²) in [6.45, 7) is 1.75. The molecule has 1 aromatic heterocycles. The van der Waals surface area contributed by atoms with Gasteiger partial charge in [0.05, 0.1) is 23.9 Å². The highest BCUT2D eigenvalue weighted by Gasteiger charge is 2.10. The van der Waals surface area contributed by atoms with Crippen molar-refractivity contribution in [3.8, 4) is 6.07 Å². The van der Waals surface area contributed by atoms with Crippen LogP contribution in [0.5, 0.6) is 0 Å². The Balaban J connectivity index is 2.88. The topological polar surface area (TPSA) is 69.8 Å². The van der Waals surface area contributed by atoms with E-state index >= 15 is 0 Å². The van der Waals surface area contributed by atoms with Crippen molar-refractivity contribution >= 4 is 0 Å². The van der Waals surface area contributed by atoms with E-state index < -0.39 is 6.10 Å². The van der Waals surface area contributed by atoms with Crippen LogP contribution in [0, 0.1) is 18.3 Å². The van der Waals surface area contributed by atoms with Gasteiger partial charge in [-0.3, -0.25) is 9.97 Å². The molecule has 12 heavy (non-hydrogen) atoms. The molecule has 0 aliphatic heterocycles. The molecule has 0 saturated heterocycles. The predicted octanol–water partition coefficient (Wildman–Crippen LogP) is 0.732. The van der Waals surface area contributed by atoms with Crippen LogP contribution in [0.3, 0.4) is 0 Å². The van der Waals surface area contributed by atoms with Crippen molar-refractivity contribution in [2.45, 2.75) is 19.4 Å². The van der Waals surface area contributed by atoms with Crippen molar-refractivity contribution in [3.05, 3.63) is 23.8 Å². The number of aliphatic hydroxyl groups excluding tert-OH is 1. The fourth-order valence-electron chi connectivity index (χ4n) is 0.929. The highest BCUT2D eigenvalue weighted by atomic mass is 16.3. The first-order valence-electron chi connectivity index (χ1n) is 3.58. The summed E-state index contributed by atoms with van der Waals surface area (Å²) in [5.74, 6) is 0. The Hall–Kier alpha value is -1.47. The summed E-state index contributed by atoms with van der Waals surface area (Å²) >= 11 is 0. The quantitative estimate of drug-likeness (QED) is 0.697. The van der Waals surface area contributed by atoms with E-state index in [2.05, 4.69) is 9.97 Å². The van der Waals surface area contributed by atoms with E-state index in [0.29, 0.717) is 11.4 Å². The van der Waals surface area contributed by atoms with E-state index in [1.54, 1.807) is 13.1 Å². The van der Waals surface area contributed by atoms with Crippen LogP contribution in [0.4, 0.5) is 0 Å². The smallest absolute Gasteiger partial charge is 0.111 e. The molecule has 1 N–H and O–H groups in total. The van der Waals surface area contributed by atoms with Gasteiger partial charge in [0.15, 0.2) is 0 Å². The Morgan fingerprint density at radius 3 is 2.83 bits per heavy atom. The minimum atomic E-state index is -0.816. The van der Waals surface area contributed by atoms with Gasteiger partial charge in [0.2, 0.25) is 0 Å². The molecular weight excluding hydrogens is 154 g/mol. The van der Waals surface area contributed by atoms with Crippen LogP contribution in [-0.4, -0.2) is 15.1 Å². The molecule has 0 bridgehead atoms. The van der Waals surface area contributed by atoms with Gasteiger partial charge in [0.1, 0.15) is 6.10 Å². The van der Waals surface area contributed by atoms with E-state index in [-0.39, 0.29) is 6.42 Å². The Kier molecular flexibility index (Phi) is 2.72. The normalized spacial score (nSPS) is 12.1. The maximum Gasteiger partial charge on any atom is 0.111 e. The molecule has 0 amide bonds. The van der Waals surface area contributed by atoms with E-state index in [9.17, 15) is 5.11 Å². The second-order valence-electron chi connectivity index (χ2n) is 2.41. The molecule has 1 atom stereocenters. The maximum atomic E-state index is 9.38. The minimum Gasteiger partial charge on any atom is -0.386 e. The highest BCUT2D eigenvalue weighted by molar-refractivity contribution is 5.12. The molecule has 0 aliphatic rings. The first kappa shape index (κ1) is 8.62. The van der Waals surface area contributed by atoms with Crippen molar-refractivity contribution in [2.24, 2.45) is 0 Å². The van der Waals surface area contributed by atoms with Crippen molar-refractivity contribution < 1.29 is 5.11 Å². The van der Waals surface area contributed by atoms with Gasteiger partial charge in [-0.2, -0.15) is 5.26 Å². The van der Waals surface area contributed by atoms with Gasteiger partial charge in [0.25, 0.3) is 0 Å². The number of nitrogens with zero attached hydrogens (tertiary/aromatic N) is 3. The molecule has 0 fully saturated rings. The predicted molar refractivity (Wildman–Crippen MR) is 42.0 cm³/mol. The average molecular weight is 163 g/mol. The molecule has 0 aliphatic carbocycles. The third-order valence-electron chi connectivity index (χ3n) is 1.52. The third-order valence-corrected chi connectivity index (χ3v) is 1.52. The standard InChI is InChI=1S/C8H9N3O/c1-6-8(7(12)2-3-9)11-5-4-10-6/h4-5,7,12H,2H2,1H3. The molecule has 1 rings (SSSR count). The van der Waals surface area contributed by atoms with Crippen LogP contribution in [-0.2, 0) is 0 Å². The lowest BCUT2D eigenvalue weighted by atomic mass is 10.1. The third kappa shape index (κ3) is 1.77. The highest BCUT2D eigenvalue weighted by Crippen LogP contribution is 2.14. The van der Waals surface area contributed by atoms with E-state index in [0.717, 1.165) is 0 Å². The summed E-state index contributed by atoms with van der Waals surface area (Å²) in [5.41, 5.74) is 1.15. The summed E-state index contributed by atoms with van der Waals surface area (Å²) in [6.07, 6.45) is 2.30. The van der Waals surface area contributed by atoms with Crippen molar-refractivity contribution in [1.82, 2.24) is 9.97 Å². The molecule has 0 saturated carbocycles. The molecule has 1 unspecified atom stereocenters. The zero-order valence-corrected chi connectivity index (χ0v) is 6.73. The van der Waals surface area contributed by atoms with Crippen LogP contribution >= 0.6 is 0 Å². The fourth-order valence-corrected chi connectivity index (χ4v) is 0.929. The summed E-state index contributed by atoms with van der Waals surface area (Å²) in [5, 5.41) is 17.7. The van der Waals surface area contributed by atoms with Gasteiger partial charge in [0, 0.05) is 12.4 Å². The van der Waals surface area contributed by atoms with Crippen LogP contribution < -0.4 is 0 Å². The Labute approximate surface area is 70.5 Å².